The van der Waals surface area contributed by atoms with Crippen LogP contribution in [-0.4, -0.2) is 33.7 Å². The summed E-state index contributed by atoms with van der Waals surface area (Å²) in [4.78, 5) is 27.9. The topological polar surface area (TPSA) is 125 Å². The molecule has 210 valence electrons. The fraction of sp³-hybridized carbons (Fsp3) is 0.464. The van der Waals surface area contributed by atoms with Crippen LogP contribution < -0.4 is 16.0 Å². The molecule has 0 spiro atoms. The molecule has 0 saturated heterocycles. The second-order valence-corrected chi connectivity index (χ2v) is 14.2. The van der Waals surface area contributed by atoms with E-state index in [1.807, 2.05) is 13.8 Å². The van der Waals surface area contributed by atoms with Gasteiger partial charge >= 0.3 is 0 Å². The molecule has 5 rings (SSSR count). The molecular weight excluding hydrogens is 587 g/mol. The number of Topliss-reactive ketones (excluding diaryl/α,β-unsaturated/α-hetero) is 1. The number of benzene rings is 1. The molecule has 1 aliphatic heterocycles. The van der Waals surface area contributed by atoms with E-state index in [0.29, 0.717) is 49.2 Å². The molecule has 1 atom stereocenters. The summed E-state index contributed by atoms with van der Waals surface area (Å²) in [6.07, 6.45) is 6.46. The monoisotopic (exact) mass is 616 g/mol. The van der Waals surface area contributed by atoms with Crippen molar-refractivity contribution in [1.82, 2.24) is 15.5 Å². The highest BCUT2D eigenvalue weighted by Crippen LogP contribution is 2.51. The van der Waals surface area contributed by atoms with Gasteiger partial charge in [-0.05, 0) is 42.4 Å². The van der Waals surface area contributed by atoms with Gasteiger partial charge in [-0.15, -0.1) is 10.2 Å². The van der Waals surface area contributed by atoms with Crippen molar-refractivity contribution in [1.29, 1.82) is 5.26 Å². The standard InChI is InChI=1S/C28H30Cl2N6O2S2/c1-28(2)11-20-24(21(37)12-28)23(15-8-9-18(29)19(30)10-15)17(13-31)25(32)36(20)26-34-35-27(40-26)39-14-22(38)33-16-6-4-3-5-7-16/h8-10,16,23H,3-7,11-12,14,32H2,1-2H3,(H,33,38). The van der Waals surface area contributed by atoms with Gasteiger partial charge in [0.25, 0.3) is 0 Å². The van der Waals surface area contributed by atoms with Gasteiger partial charge in [-0.25, -0.2) is 0 Å². The van der Waals surface area contributed by atoms with E-state index in [2.05, 4.69) is 21.6 Å². The van der Waals surface area contributed by atoms with Crippen molar-refractivity contribution in [3.05, 3.63) is 56.5 Å². The van der Waals surface area contributed by atoms with E-state index in [0.717, 1.165) is 25.7 Å². The molecule has 2 aliphatic carbocycles. The summed E-state index contributed by atoms with van der Waals surface area (Å²) in [6.45, 7) is 4.07. The van der Waals surface area contributed by atoms with E-state index < -0.39 is 5.92 Å². The molecule has 2 heterocycles. The van der Waals surface area contributed by atoms with E-state index in [1.54, 1.807) is 23.1 Å². The lowest BCUT2D eigenvalue weighted by Crippen LogP contribution is -2.42. The number of hydrogen-bond donors (Lipinski definition) is 2. The Morgan fingerprint density at radius 1 is 1.23 bits per heavy atom. The third-order valence-corrected chi connectivity index (χ3v) is 10.3. The van der Waals surface area contributed by atoms with Gasteiger partial charge in [-0.2, -0.15) is 5.26 Å². The zero-order valence-corrected chi connectivity index (χ0v) is 25.4. The number of halogens is 2. The van der Waals surface area contributed by atoms with E-state index >= 15 is 0 Å². The van der Waals surface area contributed by atoms with E-state index in [1.165, 1.54) is 29.5 Å². The van der Waals surface area contributed by atoms with Crippen LogP contribution in [0.15, 0.2) is 45.2 Å². The predicted molar refractivity (Wildman–Crippen MR) is 159 cm³/mol. The second-order valence-electron chi connectivity index (χ2n) is 11.2. The van der Waals surface area contributed by atoms with Gasteiger partial charge < -0.3 is 11.1 Å². The van der Waals surface area contributed by atoms with Crippen LogP contribution >= 0.6 is 46.3 Å². The molecule has 1 saturated carbocycles. The van der Waals surface area contributed by atoms with Gasteiger partial charge in [-0.3, -0.25) is 14.5 Å². The minimum Gasteiger partial charge on any atom is -0.384 e. The number of ketones is 1. The number of anilines is 1. The minimum absolute atomic E-state index is 0.0214. The first-order valence-corrected chi connectivity index (χ1v) is 15.8. The number of nitriles is 1. The molecule has 1 amide bonds. The zero-order valence-electron chi connectivity index (χ0n) is 22.3. The first-order chi connectivity index (χ1) is 19.1. The molecule has 1 aromatic carbocycles. The van der Waals surface area contributed by atoms with Gasteiger partial charge in [0.15, 0.2) is 10.1 Å². The zero-order chi connectivity index (χ0) is 28.6. The smallest absolute Gasteiger partial charge is 0.230 e. The molecule has 8 nitrogen and oxygen atoms in total. The first-order valence-electron chi connectivity index (χ1n) is 13.2. The fourth-order valence-electron chi connectivity index (χ4n) is 5.75. The summed E-state index contributed by atoms with van der Waals surface area (Å²) >= 11 is 15.1. The van der Waals surface area contributed by atoms with E-state index in [4.69, 9.17) is 28.9 Å². The van der Waals surface area contributed by atoms with Crippen LogP contribution in [0.1, 0.15) is 70.3 Å². The average Bonchev–Trinajstić information content (AvgIpc) is 3.37. The van der Waals surface area contributed by atoms with Crippen molar-refractivity contribution in [2.75, 3.05) is 10.7 Å². The van der Waals surface area contributed by atoms with Crippen molar-refractivity contribution in [3.8, 4) is 6.07 Å². The maximum Gasteiger partial charge on any atom is 0.230 e. The summed E-state index contributed by atoms with van der Waals surface area (Å²) in [5.41, 5.74) is 8.49. The Kier molecular flexibility index (Phi) is 8.48. The average molecular weight is 618 g/mol. The Morgan fingerprint density at radius 3 is 2.67 bits per heavy atom. The Balaban J connectivity index is 1.47. The molecule has 0 bridgehead atoms. The lowest BCUT2D eigenvalue weighted by molar-refractivity contribution is -0.119. The molecule has 3 N–H and O–H groups in total. The fourth-order valence-corrected chi connectivity index (χ4v) is 7.75. The molecule has 0 radical (unpaired) electrons. The van der Waals surface area contributed by atoms with Gasteiger partial charge in [0, 0.05) is 23.7 Å². The molecule has 1 fully saturated rings. The number of amides is 1. The third kappa shape index (κ3) is 5.89. The Morgan fingerprint density at radius 2 is 1.98 bits per heavy atom. The van der Waals surface area contributed by atoms with Crippen molar-refractivity contribution in [2.45, 2.75) is 75.1 Å². The van der Waals surface area contributed by atoms with Gasteiger partial charge in [-0.1, -0.05) is 85.5 Å². The summed E-state index contributed by atoms with van der Waals surface area (Å²) < 4.78 is 0.607. The van der Waals surface area contributed by atoms with Crippen molar-refractivity contribution in [2.24, 2.45) is 11.1 Å². The molecule has 2 aromatic rings. The summed E-state index contributed by atoms with van der Waals surface area (Å²) in [6, 6.07) is 7.61. The highest BCUT2D eigenvalue weighted by atomic mass is 35.5. The summed E-state index contributed by atoms with van der Waals surface area (Å²) in [5, 5.41) is 23.2. The van der Waals surface area contributed by atoms with Crippen LogP contribution in [0.3, 0.4) is 0 Å². The normalized spacial score (nSPS) is 21.3. The van der Waals surface area contributed by atoms with Crippen molar-refractivity contribution in [3.63, 3.8) is 0 Å². The number of carbonyl (C=O) groups is 2. The van der Waals surface area contributed by atoms with Gasteiger partial charge in [0.2, 0.25) is 11.0 Å². The third-order valence-electron chi connectivity index (χ3n) is 7.54. The number of aromatic nitrogens is 2. The van der Waals surface area contributed by atoms with Crippen LogP contribution in [0.2, 0.25) is 10.0 Å². The van der Waals surface area contributed by atoms with E-state index in [-0.39, 0.29) is 40.3 Å². The highest BCUT2D eigenvalue weighted by molar-refractivity contribution is 8.01. The van der Waals surface area contributed by atoms with Crippen LogP contribution in [0, 0.1) is 16.7 Å². The maximum absolute atomic E-state index is 13.7. The van der Waals surface area contributed by atoms with Gasteiger partial charge in [0.1, 0.15) is 5.82 Å². The molecule has 40 heavy (non-hydrogen) atoms. The molecule has 3 aliphatic rings. The second kappa shape index (κ2) is 11.7. The summed E-state index contributed by atoms with van der Waals surface area (Å²) in [7, 11) is 0. The number of rotatable bonds is 6. The molecule has 1 aromatic heterocycles. The number of hydrogen-bond acceptors (Lipinski definition) is 9. The number of nitrogens with one attached hydrogen (secondary N) is 1. The summed E-state index contributed by atoms with van der Waals surface area (Å²) in [5.74, 6) is -0.304. The highest BCUT2D eigenvalue weighted by Gasteiger charge is 2.45. The molecular formula is C28H30Cl2N6O2S2. The maximum atomic E-state index is 13.7. The van der Waals surface area contributed by atoms with Crippen LogP contribution in [0.5, 0.6) is 0 Å². The van der Waals surface area contributed by atoms with Crippen LogP contribution in [0.25, 0.3) is 0 Å². The lowest BCUT2D eigenvalue weighted by atomic mass is 9.69. The molecule has 12 heteroatoms. The van der Waals surface area contributed by atoms with Crippen LogP contribution in [0.4, 0.5) is 5.13 Å². The van der Waals surface area contributed by atoms with E-state index in [9.17, 15) is 14.9 Å². The number of allylic oxidation sites excluding steroid dienone is 3. The number of thioether (sulfide) groups is 1. The Bertz CT molecular complexity index is 1450. The van der Waals surface area contributed by atoms with Crippen LogP contribution in [-0.2, 0) is 9.59 Å². The number of nitrogens with two attached hydrogens (primary N) is 1. The van der Waals surface area contributed by atoms with Crippen molar-refractivity contribution >= 4 is 63.1 Å². The van der Waals surface area contributed by atoms with Crippen molar-refractivity contribution < 1.29 is 9.59 Å². The Hall–Kier alpha value is -2.58. The lowest BCUT2D eigenvalue weighted by Gasteiger charge is -2.42. The van der Waals surface area contributed by atoms with Gasteiger partial charge in [0.05, 0.1) is 33.4 Å². The minimum atomic E-state index is -0.667. The number of carbonyl (C=O) groups excluding carboxylic acids is 2. The quantitative estimate of drug-likeness (QED) is 0.361. The number of nitrogens with zero attached hydrogens (tertiary/aromatic N) is 4. The first kappa shape index (κ1) is 28.9. The molecule has 1 unspecified atom stereocenters. The largest absolute Gasteiger partial charge is 0.384 e. The predicted octanol–water partition coefficient (Wildman–Crippen LogP) is 6.33. The SMILES string of the molecule is CC1(C)CC(=O)C2=C(C1)N(c1nnc(SCC(=O)NC3CCCCC3)s1)C(N)=C(C#N)C2c1ccc(Cl)c(Cl)c1. The Labute approximate surface area is 252 Å².